The van der Waals surface area contributed by atoms with Gasteiger partial charge in [0.05, 0.1) is 0 Å². The van der Waals surface area contributed by atoms with Gasteiger partial charge in [-0.05, 0) is 79.4 Å². The number of piperidine rings is 1. The predicted molar refractivity (Wildman–Crippen MR) is 75.5 cm³/mol. The molecule has 2 saturated heterocycles. The molecule has 0 aliphatic carbocycles. The lowest BCUT2D eigenvalue weighted by molar-refractivity contribution is 0.0805. The maximum absolute atomic E-state index is 2.65. The molecule has 1 aromatic carbocycles. The van der Waals surface area contributed by atoms with Crippen LogP contribution in [-0.2, 0) is 5.54 Å². The molecule has 0 unspecified atom stereocenters. The molecule has 2 fully saturated rings. The summed E-state index contributed by atoms with van der Waals surface area (Å²) in [5.74, 6) is 0. The van der Waals surface area contributed by atoms with Crippen LogP contribution < -0.4 is 0 Å². The Hall–Kier alpha value is -0.0900. The van der Waals surface area contributed by atoms with Gasteiger partial charge in [0.1, 0.15) is 0 Å². The van der Waals surface area contributed by atoms with Crippen LogP contribution >= 0.6 is 22.6 Å². The molecule has 0 saturated carbocycles. The Kier molecular flexibility index (Phi) is 2.75. The van der Waals surface area contributed by atoms with E-state index in [1.54, 1.807) is 0 Å². The second-order valence-corrected chi connectivity index (χ2v) is 6.48. The molecule has 1 nitrogen and oxygen atoms in total. The highest BCUT2D eigenvalue weighted by molar-refractivity contribution is 14.1. The second kappa shape index (κ2) is 3.98. The average molecular weight is 327 g/mol. The van der Waals surface area contributed by atoms with E-state index in [0.29, 0.717) is 5.54 Å². The number of nitrogens with zero attached hydrogens (tertiary/aromatic N) is 1. The van der Waals surface area contributed by atoms with Gasteiger partial charge in [-0.15, -0.1) is 0 Å². The fourth-order valence-electron chi connectivity index (χ4n) is 3.65. The summed E-state index contributed by atoms with van der Waals surface area (Å²) in [4.78, 5) is 2.65. The summed E-state index contributed by atoms with van der Waals surface area (Å²) in [7, 11) is 2.33. The Morgan fingerprint density at radius 2 is 1.94 bits per heavy atom. The number of benzene rings is 1. The molecule has 0 aromatic heterocycles. The van der Waals surface area contributed by atoms with Crippen molar-refractivity contribution in [1.82, 2.24) is 4.90 Å². The molecular formula is C14H18IN. The third-order valence-electron chi connectivity index (χ3n) is 4.62. The van der Waals surface area contributed by atoms with Crippen LogP contribution in [0.4, 0.5) is 0 Å². The SMILES string of the molecule is CN1[C@@H]2CCC[C@@]1(c1ccc(I)cc1)CC2. The zero-order valence-corrected chi connectivity index (χ0v) is 11.9. The van der Waals surface area contributed by atoms with Gasteiger partial charge in [-0.1, -0.05) is 12.1 Å². The van der Waals surface area contributed by atoms with Crippen LogP contribution in [0, 0.1) is 3.57 Å². The molecule has 2 aliphatic heterocycles. The van der Waals surface area contributed by atoms with E-state index in [0.717, 1.165) is 6.04 Å². The van der Waals surface area contributed by atoms with Crippen LogP contribution in [0.25, 0.3) is 0 Å². The topological polar surface area (TPSA) is 3.24 Å². The number of hydrogen-bond acceptors (Lipinski definition) is 1. The maximum atomic E-state index is 2.65. The van der Waals surface area contributed by atoms with Gasteiger partial charge in [-0.25, -0.2) is 0 Å². The van der Waals surface area contributed by atoms with Gasteiger partial charge in [0.2, 0.25) is 0 Å². The van der Waals surface area contributed by atoms with Crippen molar-refractivity contribution < 1.29 is 0 Å². The summed E-state index contributed by atoms with van der Waals surface area (Å²) in [6.45, 7) is 0. The zero-order chi connectivity index (χ0) is 11.2. The highest BCUT2D eigenvalue weighted by atomic mass is 127. The van der Waals surface area contributed by atoms with Crippen molar-refractivity contribution in [3.63, 3.8) is 0 Å². The molecular weight excluding hydrogens is 309 g/mol. The highest BCUT2D eigenvalue weighted by Gasteiger charge is 2.47. The molecule has 2 bridgehead atoms. The van der Waals surface area contributed by atoms with Gasteiger partial charge >= 0.3 is 0 Å². The van der Waals surface area contributed by atoms with Crippen LogP contribution in [0.2, 0.25) is 0 Å². The molecule has 0 N–H and O–H groups in total. The van der Waals surface area contributed by atoms with Gasteiger partial charge < -0.3 is 0 Å². The first-order valence-electron chi connectivity index (χ1n) is 6.21. The summed E-state index contributed by atoms with van der Waals surface area (Å²) in [5, 5.41) is 0. The Bertz CT molecular complexity index is 382. The fourth-order valence-corrected chi connectivity index (χ4v) is 4.01. The maximum Gasteiger partial charge on any atom is 0.0461 e. The average Bonchev–Trinajstić information content (AvgIpc) is 2.52. The van der Waals surface area contributed by atoms with Gasteiger partial charge in [-0.2, -0.15) is 0 Å². The van der Waals surface area contributed by atoms with Crippen LogP contribution in [-0.4, -0.2) is 18.0 Å². The quantitative estimate of drug-likeness (QED) is 0.710. The zero-order valence-electron chi connectivity index (χ0n) is 9.75. The van der Waals surface area contributed by atoms with E-state index in [1.165, 1.54) is 41.2 Å². The molecule has 0 radical (unpaired) electrons. The summed E-state index contributed by atoms with van der Waals surface area (Å²) in [6, 6.07) is 10.0. The minimum absolute atomic E-state index is 0.368. The Morgan fingerprint density at radius 1 is 1.19 bits per heavy atom. The number of halogens is 1. The third kappa shape index (κ3) is 1.53. The first-order chi connectivity index (χ1) is 7.72. The van der Waals surface area contributed by atoms with Crippen molar-refractivity contribution in [3.05, 3.63) is 33.4 Å². The lowest BCUT2D eigenvalue weighted by atomic mass is 9.82. The van der Waals surface area contributed by atoms with E-state index >= 15 is 0 Å². The minimum atomic E-state index is 0.368. The van der Waals surface area contributed by atoms with Crippen LogP contribution in [0.15, 0.2) is 24.3 Å². The lowest BCUT2D eigenvalue weighted by Gasteiger charge is -2.43. The number of fused-ring (bicyclic) bond motifs is 2. The van der Waals surface area contributed by atoms with Crippen molar-refractivity contribution in [2.45, 2.75) is 43.7 Å². The highest BCUT2D eigenvalue weighted by Crippen LogP contribution is 2.49. The van der Waals surface area contributed by atoms with E-state index in [9.17, 15) is 0 Å². The van der Waals surface area contributed by atoms with Crippen LogP contribution in [0.1, 0.15) is 37.7 Å². The van der Waals surface area contributed by atoms with Gasteiger partial charge in [0.25, 0.3) is 0 Å². The van der Waals surface area contributed by atoms with Crippen LogP contribution in [0.3, 0.4) is 0 Å². The first kappa shape index (κ1) is 11.0. The van der Waals surface area contributed by atoms with E-state index in [4.69, 9.17) is 0 Å². The Balaban J connectivity index is 2.01. The van der Waals surface area contributed by atoms with Crippen molar-refractivity contribution in [1.29, 1.82) is 0 Å². The molecule has 2 heterocycles. The van der Waals surface area contributed by atoms with E-state index in [1.807, 2.05) is 0 Å². The molecule has 2 aliphatic rings. The Labute approximate surface area is 111 Å². The molecule has 86 valence electrons. The van der Waals surface area contributed by atoms with Gasteiger partial charge in [-0.3, -0.25) is 4.90 Å². The molecule has 2 heteroatoms. The molecule has 0 amide bonds. The number of hydrogen-bond donors (Lipinski definition) is 0. The third-order valence-corrected chi connectivity index (χ3v) is 5.34. The number of rotatable bonds is 1. The van der Waals surface area contributed by atoms with Crippen molar-refractivity contribution in [2.75, 3.05) is 7.05 Å². The van der Waals surface area contributed by atoms with Crippen molar-refractivity contribution in [3.8, 4) is 0 Å². The summed E-state index contributed by atoms with van der Waals surface area (Å²) < 4.78 is 1.34. The molecule has 3 rings (SSSR count). The Morgan fingerprint density at radius 3 is 2.69 bits per heavy atom. The largest absolute Gasteiger partial charge is 0.294 e. The predicted octanol–water partition coefficient (Wildman–Crippen LogP) is 3.76. The van der Waals surface area contributed by atoms with Gasteiger partial charge in [0.15, 0.2) is 0 Å². The van der Waals surface area contributed by atoms with E-state index in [-0.39, 0.29) is 0 Å². The standard InChI is InChI=1S/C14H18IN/c1-16-13-3-2-9-14(16,10-8-13)11-4-6-12(15)7-5-11/h4-7,13H,2-3,8-10H2,1H3/t13-,14+/m1/s1. The summed E-state index contributed by atoms with van der Waals surface area (Å²) in [6.07, 6.45) is 6.90. The molecule has 1 aromatic rings. The summed E-state index contributed by atoms with van der Waals surface area (Å²) >= 11 is 2.39. The van der Waals surface area contributed by atoms with E-state index in [2.05, 4.69) is 58.8 Å². The molecule has 2 atom stereocenters. The minimum Gasteiger partial charge on any atom is -0.294 e. The second-order valence-electron chi connectivity index (χ2n) is 5.23. The van der Waals surface area contributed by atoms with Gasteiger partial charge in [0, 0.05) is 15.2 Å². The van der Waals surface area contributed by atoms with Crippen molar-refractivity contribution >= 4 is 22.6 Å². The van der Waals surface area contributed by atoms with Crippen LogP contribution in [0.5, 0.6) is 0 Å². The van der Waals surface area contributed by atoms with E-state index < -0.39 is 0 Å². The molecule has 0 spiro atoms. The lowest BCUT2D eigenvalue weighted by Crippen LogP contribution is -2.45. The first-order valence-corrected chi connectivity index (χ1v) is 7.29. The summed E-state index contributed by atoms with van der Waals surface area (Å²) in [5.41, 5.74) is 1.91. The monoisotopic (exact) mass is 327 g/mol. The normalized spacial score (nSPS) is 34.2. The smallest absolute Gasteiger partial charge is 0.0461 e. The van der Waals surface area contributed by atoms with Crippen molar-refractivity contribution in [2.24, 2.45) is 0 Å². The molecule has 16 heavy (non-hydrogen) atoms. The fraction of sp³-hybridized carbons (Fsp3) is 0.571.